The van der Waals surface area contributed by atoms with Crippen LogP contribution < -0.4 is 5.32 Å². The van der Waals surface area contributed by atoms with E-state index in [-0.39, 0.29) is 29.9 Å². The third-order valence-corrected chi connectivity index (χ3v) is 5.08. The number of likely N-dealkylation sites (N-methyl/N-ethyl adjacent to an activating group) is 1. The Bertz CT molecular complexity index is 572. The van der Waals surface area contributed by atoms with E-state index >= 15 is 0 Å². The van der Waals surface area contributed by atoms with Gasteiger partial charge in [-0.25, -0.2) is 12.8 Å². The summed E-state index contributed by atoms with van der Waals surface area (Å²) in [5.74, 6) is -0.858. The van der Waals surface area contributed by atoms with E-state index in [0.29, 0.717) is 0 Å². The molecule has 0 heterocycles. The number of carbonyl (C=O) groups is 1. The summed E-state index contributed by atoms with van der Waals surface area (Å²) in [6.07, 6.45) is 0.766. The van der Waals surface area contributed by atoms with Crippen LogP contribution >= 0.6 is 0 Å². The van der Waals surface area contributed by atoms with Gasteiger partial charge in [-0.15, -0.1) is 0 Å². The lowest BCUT2D eigenvalue weighted by atomic mass is 10.2. The summed E-state index contributed by atoms with van der Waals surface area (Å²) in [5.41, 5.74) is 0. The lowest BCUT2D eigenvalue weighted by Crippen LogP contribution is -2.43. The first-order valence-electron chi connectivity index (χ1n) is 6.86. The normalized spacial score (nSPS) is 13.2. The summed E-state index contributed by atoms with van der Waals surface area (Å²) < 4.78 is 38.7. The van der Waals surface area contributed by atoms with Crippen LogP contribution in [-0.4, -0.2) is 37.8 Å². The molecule has 0 aromatic heterocycles. The summed E-state index contributed by atoms with van der Waals surface area (Å²) in [7, 11) is -3.80. The van der Waals surface area contributed by atoms with Crippen LogP contribution in [0.4, 0.5) is 4.39 Å². The van der Waals surface area contributed by atoms with Crippen molar-refractivity contribution in [2.45, 2.75) is 38.1 Å². The van der Waals surface area contributed by atoms with Gasteiger partial charge in [-0.05, 0) is 37.6 Å². The largest absolute Gasteiger partial charge is 0.353 e. The lowest BCUT2D eigenvalue weighted by molar-refractivity contribution is -0.121. The zero-order valence-corrected chi connectivity index (χ0v) is 13.3. The zero-order valence-electron chi connectivity index (χ0n) is 12.5. The predicted octanol–water partition coefficient (Wildman–Crippen LogP) is 1.75. The second kappa shape index (κ2) is 7.51. The molecule has 0 aliphatic carbocycles. The Labute approximate surface area is 125 Å². The van der Waals surface area contributed by atoms with Crippen molar-refractivity contribution in [3.63, 3.8) is 0 Å². The van der Waals surface area contributed by atoms with Crippen molar-refractivity contribution in [1.82, 2.24) is 9.62 Å². The highest BCUT2D eigenvalue weighted by Crippen LogP contribution is 2.15. The minimum absolute atomic E-state index is 0.00951. The molecule has 0 fully saturated rings. The maximum atomic E-state index is 12.9. The summed E-state index contributed by atoms with van der Waals surface area (Å²) in [6, 6.07) is 4.55. The monoisotopic (exact) mass is 316 g/mol. The number of carbonyl (C=O) groups excluding carboxylic acids is 1. The van der Waals surface area contributed by atoms with Gasteiger partial charge in [-0.2, -0.15) is 4.31 Å². The third-order valence-electron chi connectivity index (χ3n) is 3.14. The van der Waals surface area contributed by atoms with Crippen LogP contribution in [0, 0.1) is 5.82 Å². The molecule has 0 spiro atoms. The van der Waals surface area contributed by atoms with E-state index in [1.165, 1.54) is 12.1 Å². The summed E-state index contributed by atoms with van der Waals surface area (Å²) in [6.45, 7) is 5.34. The quantitative estimate of drug-likeness (QED) is 0.833. The van der Waals surface area contributed by atoms with Gasteiger partial charge < -0.3 is 5.32 Å². The number of hydrogen-bond donors (Lipinski definition) is 1. The number of amides is 1. The minimum atomic E-state index is -3.80. The van der Waals surface area contributed by atoms with E-state index in [1.54, 1.807) is 6.92 Å². The molecule has 1 rings (SSSR count). The number of nitrogens with one attached hydrogen (secondary N) is 1. The van der Waals surface area contributed by atoms with E-state index in [2.05, 4.69) is 5.32 Å². The van der Waals surface area contributed by atoms with E-state index in [9.17, 15) is 17.6 Å². The van der Waals surface area contributed by atoms with Crippen LogP contribution in [0.15, 0.2) is 29.2 Å². The summed E-state index contributed by atoms with van der Waals surface area (Å²) in [5, 5.41) is 2.72. The van der Waals surface area contributed by atoms with Crippen molar-refractivity contribution in [3.05, 3.63) is 30.1 Å². The SMILES string of the molecule is CC[C@H](C)NC(=O)CN(CC)S(=O)(=O)c1ccc(F)cc1. The highest BCUT2D eigenvalue weighted by atomic mass is 32.2. The van der Waals surface area contributed by atoms with E-state index in [4.69, 9.17) is 0 Å². The van der Waals surface area contributed by atoms with Gasteiger partial charge in [-0.3, -0.25) is 4.79 Å². The Kier molecular flexibility index (Phi) is 6.29. The topological polar surface area (TPSA) is 66.5 Å². The summed E-state index contributed by atoms with van der Waals surface area (Å²) in [4.78, 5) is 11.8. The van der Waals surface area contributed by atoms with E-state index < -0.39 is 15.8 Å². The minimum Gasteiger partial charge on any atom is -0.353 e. The highest BCUT2D eigenvalue weighted by Gasteiger charge is 2.25. The van der Waals surface area contributed by atoms with Crippen LogP contribution in [-0.2, 0) is 14.8 Å². The zero-order chi connectivity index (χ0) is 16.0. The molecule has 0 saturated carbocycles. The number of halogens is 1. The van der Waals surface area contributed by atoms with Gasteiger partial charge in [0.05, 0.1) is 11.4 Å². The fraction of sp³-hybridized carbons (Fsp3) is 0.500. The molecule has 0 bridgehead atoms. The molecular formula is C14H21FN2O3S. The van der Waals surface area contributed by atoms with Crippen LogP contribution in [0.2, 0.25) is 0 Å². The third kappa shape index (κ3) is 4.78. The lowest BCUT2D eigenvalue weighted by Gasteiger charge is -2.21. The van der Waals surface area contributed by atoms with Gasteiger partial charge in [0.2, 0.25) is 15.9 Å². The van der Waals surface area contributed by atoms with Crippen molar-refractivity contribution in [1.29, 1.82) is 0 Å². The Balaban J connectivity index is 2.88. The smallest absolute Gasteiger partial charge is 0.243 e. The first-order valence-corrected chi connectivity index (χ1v) is 8.30. The van der Waals surface area contributed by atoms with Gasteiger partial charge in [0.25, 0.3) is 0 Å². The maximum Gasteiger partial charge on any atom is 0.243 e. The van der Waals surface area contributed by atoms with Gasteiger partial charge >= 0.3 is 0 Å². The standard InChI is InChI=1S/C14H21FN2O3S/c1-4-11(3)16-14(18)10-17(5-2)21(19,20)13-8-6-12(15)7-9-13/h6-9,11H,4-5,10H2,1-3H3,(H,16,18)/t11-/m0/s1. The van der Waals surface area contributed by atoms with Crippen molar-refractivity contribution >= 4 is 15.9 Å². The number of nitrogens with zero attached hydrogens (tertiary/aromatic N) is 1. The maximum absolute atomic E-state index is 12.9. The Morgan fingerprint density at radius 3 is 2.33 bits per heavy atom. The van der Waals surface area contributed by atoms with Gasteiger partial charge in [0, 0.05) is 12.6 Å². The molecule has 1 atom stereocenters. The molecule has 1 aromatic rings. The van der Waals surface area contributed by atoms with Crippen LogP contribution in [0.3, 0.4) is 0 Å². The van der Waals surface area contributed by atoms with Gasteiger partial charge in [0.15, 0.2) is 0 Å². The Morgan fingerprint density at radius 2 is 1.86 bits per heavy atom. The molecule has 0 saturated heterocycles. The van der Waals surface area contributed by atoms with Crippen LogP contribution in [0.25, 0.3) is 0 Å². The van der Waals surface area contributed by atoms with Crippen molar-refractivity contribution in [2.75, 3.05) is 13.1 Å². The fourth-order valence-electron chi connectivity index (χ4n) is 1.71. The molecule has 7 heteroatoms. The predicted molar refractivity (Wildman–Crippen MR) is 78.7 cm³/mol. The van der Waals surface area contributed by atoms with Crippen LogP contribution in [0.1, 0.15) is 27.2 Å². The molecule has 0 unspecified atom stereocenters. The number of hydrogen-bond acceptors (Lipinski definition) is 3. The molecule has 0 radical (unpaired) electrons. The molecule has 0 aliphatic heterocycles. The van der Waals surface area contributed by atoms with Crippen LogP contribution in [0.5, 0.6) is 0 Å². The van der Waals surface area contributed by atoms with Crippen molar-refractivity contribution in [2.24, 2.45) is 0 Å². The number of sulfonamides is 1. The first-order chi connectivity index (χ1) is 9.81. The van der Waals surface area contributed by atoms with Gasteiger partial charge in [-0.1, -0.05) is 13.8 Å². The number of rotatable bonds is 7. The fourth-order valence-corrected chi connectivity index (χ4v) is 3.11. The van der Waals surface area contributed by atoms with Gasteiger partial charge in [0.1, 0.15) is 5.82 Å². The molecular weight excluding hydrogens is 295 g/mol. The second-order valence-corrected chi connectivity index (χ2v) is 6.70. The first kappa shape index (κ1) is 17.6. The molecule has 118 valence electrons. The molecule has 21 heavy (non-hydrogen) atoms. The Morgan fingerprint density at radius 1 is 1.29 bits per heavy atom. The van der Waals surface area contributed by atoms with Crippen molar-refractivity contribution in [3.8, 4) is 0 Å². The molecule has 5 nitrogen and oxygen atoms in total. The number of benzene rings is 1. The average Bonchev–Trinajstić information content (AvgIpc) is 2.44. The molecule has 1 amide bonds. The molecule has 1 N–H and O–H groups in total. The van der Waals surface area contributed by atoms with Crippen molar-refractivity contribution < 1.29 is 17.6 Å². The second-order valence-electron chi connectivity index (χ2n) is 4.76. The van der Waals surface area contributed by atoms with E-state index in [1.807, 2.05) is 13.8 Å². The highest BCUT2D eigenvalue weighted by molar-refractivity contribution is 7.89. The Hall–Kier alpha value is -1.47. The van der Waals surface area contributed by atoms with E-state index in [0.717, 1.165) is 22.9 Å². The summed E-state index contributed by atoms with van der Waals surface area (Å²) >= 11 is 0. The molecule has 0 aliphatic rings. The average molecular weight is 316 g/mol. The molecule has 1 aromatic carbocycles.